The smallest absolute Gasteiger partial charge is 0.0369 e. The van der Waals surface area contributed by atoms with E-state index in [0.717, 1.165) is 13.0 Å². The zero-order valence-corrected chi connectivity index (χ0v) is 12.9. The van der Waals surface area contributed by atoms with E-state index in [-0.39, 0.29) is 5.41 Å². The molecule has 0 spiro atoms. The van der Waals surface area contributed by atoms with Crippen molar-refractivity contribution in [2.45, 2.75) is 54.0 Å². The molecule has 0 bridgehead atoms. The molecule has 0 aliphatic carbocycles. The Bertz CT molecular complexity index is 360. The van der Waals surface area contributed by atoms with E-state index in [1.807, 2.05) is 0 Å². The monoisotopic (exact) mass is 247 g/mol. The first-order chi connectivity index (χ1) is 8.34. The van der Waals surface area contributed by atoms with Gasteiger partial charge in [0.2, 0.25) is 0 Å². The molecule has 0 amide bonds. The van der Waals surface area contributed by atoms with Crippen molar-refractivity contribution in [3.05, 3.63) is 35.4 Å². The molecule has 1 rings (SSSR count). The molecule has 0 fully saturated rings. The predicted octanol–water partition coefficient (Wildman–Crippen LogP) is 4.58. The third-order valence-electron chi connectivity index (χ3n) is 3.20. The van der Waals surface area contributed by atoms with Gasteiger partial charge in [0.05, 0.1) is 0 Å². The summed E-state index contributed by atoms with van der Waals surface area (Å²) < 4.78 is 0. The van der Waals surface area contributed by atoms with E-state index in [9.17, 15) is 0 Å². The fourth-order valence-corrected chi connectivity index (χ4v) is 2.50. The number of benzene rings is 1. The number of hydrogen-bond donors (Lipinski definition) is 1. The van der Waals surface area contributed by atoms with Crippen LogP contribution in [0.5, 0.6) is 0 Å². The molecular weight excluding hydrogens is 218 g/mol. The van der Waals surface area contributed by atoms with Gasteiger partial charge in [0.1, 0.15) is 0 Å². The summed E-state index contributed by atoms with van der Waals surface area (Å²) in [6.45, 7) is 14.6. The van der Waals surface area contributed by atoms with Gasteiger partial charge in [-0.1, -0.05) is 65.8 Å². The zero-order valence-electron chi connectivity index (χ0n) is 12.9. The zero-order chi connectivity index (χ0) is 13.8. The van der Waals surface area contributed by atoms with Crippen LogP contribution in [0, 0.1) is 11.3 Å². The molecule has 1 atom stereocenters. The quantitative estimate of drug-likeness (QED) is 0.803. The van der Waals surface area contributed by atoms with Crippen molar-refractivity contribution in [1.29, 1.82) is 0 Å². The highest BCUT2D eigenvalue weighted by Crippen LogP contribution is 2.33. The Morgan fingerprint density at radius 1 is 1.17 bits per heavy atom. The van der Waals surface area contributed by atoms with Gasteiger partial charge in [-0.05, 0) is 35.4 Å². The molecule has 18 heavy (non-hydrogen) atoms. The Balaban J connectivity index is 2.98. The van der Waals surface area contributed by atoms with Gasteiger partial charge >= 0.3 is 0 Å². The van der Waals surface area contributed by atoms with Crippen LogP contribution < -0.4 is 5.32 Å². The van der Waals surface area contributed by atoms with E-state index in [2.05, 4.69) is 71.1 Å². The van der Waals surface area contributed by atoms with Crippen LogP contribution in [0.25, 0.3) is 0 Å². The minimum atomic E-state index is 0.243. The maximum Gasteiger partial charge on any atom is 0.0369 e. The van der Waals surface area contributed by atoms with E-state index in [4.69, 9.17) is 0 Å². The lowest BCUT2D eigenvalue weighted by molar-refractivity contribution is 0.276. The van der Waals surface area contributed by atoms with Crippen molar-refractivity contribution in [1.82, 2.24) is 5.32 Å². The van der Waals surface area contributed by atoms with Gasteiger partial charge in [-0.3, -0.25) is 0 Å². The summed E-state index contributed by atoms with van der Waals surface area (Å²) in [5.74, 6) is 0.715. The molecule has 1 nitrogen and oxygen atoms in total. The molecule has 0 radical (unpaired) electrons. The SMILES string of the molecule is CCNC(c1cccc(CC(C)C)c1)C(C)(C)C. The Morgan fingerprint density at radius 3 is 2.33 bits per heavy atom. The van der Waals surface area contributed by atoms with Gasteiger partial charge in [-0.25, -0.2) is 0 Å². The molecule has 1 heteroatoms. The van der Waals surface area contributed by atoms with Crippen molar-refractivity contribution in [2.24, 2.45) is 11.3 Å². The average molecular weight is 247 g/mol. The fraction of sp³-hybridized carbons (Fsp3) is 0.647. The van der Waals surface area contributed by atoms with Gasteiger partial charge in [0.25, 0.3) is 0 Å². The molecule has 102 valence electrons. The van der Waals surface area contributed by atoms with Crippen LogP contribution in [0.3, 0.4) is 0 Å². The predicted molar refractivity (Wildman–Crippen MR) is 80.9 cm³/mol. The maximum atomic E-state index is 3.62. The van der Waals surface area contributed by atoms with E-state index < -0.39 is 0 Å². The van der Waals surface area contributed by atoms with Crippen LogP contribution in [0.15, 0.2) is 24.3 Å². The van der Waals surface area contributed by atoms with Crippen molar-refractivity contribution >= 4 is 0 Å². The summed E-state index contributed by atoms with van der Waals surface area (Å²) in [6, 6.07) is 9.49. The lowest BCUT2D eigenvalue weighted by Gasteiger charge is -2.32. The molecule has 0 saturated carbocycles. The van der Waals surface area contributed by atoms with Gasteiger partial charge in [-0.15, -0.1) is 0 Å². The number of rotatable bonds is 5. The number of nitrogens with one attached hydrogen (secondary N) is 1. The second kappa shape index (κ2) is 6.38. The van der Waals surface area contributed by atoms with Crippen molar-refractivity contribution in [3.63, 3.8) is 0 Å². The second-order valence-electron chi connectivity index (χ2n) is 6.70. The van der Waals surface area contributed by atoms with Crippen LogP contribution in [-0.2, 0) is 6.42 Å². The van der Waals surface area contributed by atoms with Crippen LogP contribution in [0.1, 0.15) is 58.7 Å². The molecule has 1 unspecified atom stereocenters. The summed E-state index contributed by atoms with van der Waals surface area (Å²) in [4.78, 5) is 0. The maximum absolute atomic E-state index is 3.62. The fourth-order valence-electron chi connectivity index (χ4n) is 2.50. The van der Waals surface area contributed by atoms with Crippen LogP contribution in [0.4, 0.5) is 0 Å². The summed E-state index contributed by atoms with van der Waals surface area (Å²) in [6.07, 6.45) is 1.16. The molecule has 1 aromatic rings. The third-order valence-corrected chi connectivity index (χ3v) is 3.20. The molecular formula is C17H29N. The minimum absolute atomic E-state index is 0.243. The van der Waals surface area contributed by atoms with Gasteiger partial charge in [0.15, 0.2) is 0 Å². The molecule has 0 saturated heterocycles. The van der Waals surface area contributed by atoms with Crippen LogP contribution >= 0.6 is 0 Å². The second-order valence-corrected chi connectivity index (χ2v) is 6.70. The highest BCUT2D eigenvalue weighted by Gasteiger charge is 2.25. The summed E-state index contributed by atoms with van der Waals surface area (Å²) >= 11 is 0. The largest absolute Gasteiger partial charge is 0.310 e. The Morgan fingerprint density at radius 2 is 1.83 bits per heavy atom. The summed E-state index contributed by atoms with van der Waals surface area (Å²) in [7, 11) is 0. The Labute approximate surface area is 113 Å². The van der Waals surface area contributed by atoms with Crippen LogP contribution in [-0.4, -0.2) is 6.54 Å². The number of hydrogen-bond acceptors (Lipinski definition) is 1. The van der Waals surface area contributed by atoms with E-state index >= 15 is 0 Å². The highest BCUT2D eigenvalue weighted by atomic mass is 14.9. The lowest BCUT2D eigenvalue weighted by Crippen LogP contribution is -2.32. The van der Waals surface area contributed by atoms with Gasteiger partial charge in [-0.2, -0.15) is 0 Å². The molecule has 0 aliphatic rings. The van der Waals surface area contributed by atoms with Crippen LogP contribution in [0.2, 0.25) is 0 Å². The normalized spacial score (nSPS) is 13.9. The average Bonchev–Trinajstić information content (AvgIpc) is 2.23. The topological polar surface area (TPSA) is 12.0 Å². The molecule has 0 aliphatic heterocycles. The van der Waals surface area contributed by atoms with Crippen molar-refractivity contribution in [2.75, 3.05) is 6.54 Å². The lowest BCUT2D eigenvalue weighted by atomic mass is 9.81. The van der Waals surface area contributed by atoms with Crippen molar-refractivity contribution < 1.29 is 0 Å². The molecule has 1 aromatic carbocycles. The minimum Gasteiger partial charge on any atom is -0.310 e. The highest BCUT2D eigenvalue weighted by molar-refractivity contribution is 5.27. The van der Waals surface area contributed by atoms with Gasteiger partial charge in [0, 0.05) is 6.04 Å². The Hall–Kier alpha value is -0.820. The van der Waals surface area contributed by atoms with E-state index in [1.165, 1.54) is 11.1 Å². The standard InChI is InChI=1S/C17H29N/c1-7-18-16(17(4,5)6)15-10-8-9-14(12-15)11-13(2)3/h8-10,12-13,16,18H,7,11H2,1-6H3. The van der Waals surface area contributed by atoms with Gasteiger partial charge < -0.3 is 5.32 Å². The first kappa shape index (κ1) is 15.2. The molecule has 1 N–H and O–H groups in total. The summed E-state index contributed by atoms with van der Waals surface area (Å²) in [5.41, 5.74) is 3.11. The van der Waals surface area contributed by atoms with Crippen molar-refractivity contribution in [3.8, 4) is 0 Å². The molecule has 0 heterocycles. The van der Waals surface area contributed by atoms with E-state index in [0.29, 0.717) is 12.0 Å². The molecule has 0 aromatic heterocycles. The first-order valence-corrected chi connectivity index (χ1v) is 7.16. The van der Waals surface area contributed by atoms with E-state index in [1.54, 1.807) is 0 Å². The first-order valence-electron chi connectivity index (χ1n) is 7.16. The summed E-state index contributed by atoms with van der Waals surface area (Å²) in [5, 5.41) is 3.62. The third kappa shape index (κ3) is 4.45. The Kier molecular flexibility index (Phi) is 5.40.